The maximum absolute atomic E-state index is 12.8. The van der Waals surface area contributed by atoms with Gasteiger partial charge in [-0.05, 0) is 122 Å². The Morgan fingerprint density at radius 3 is 1.15 bits per heavy atom. The van der Waals surface area contributed by atoms with Gasteiger partial charge in [0.15, 0.2) is 0 Å². The van der Waals surface area contributed by atoms with Crippen molar-refractivity contribution < 1.29 is 30.0 Å². The molecule has 12 heteroatoms. The van der Waals surface area contributed by atoms with Crippen LogP contribution in [0.15, 0.2) is 48.6 Å². The van der Waals surface area contributed by atoms with Crippen LogP contribution in [0.5, 0.6) is 0 Å². The highest BCUT2D eigenvalue weighted by Crippen LogP contribution is 2.23. The molecule has 4 N–H and O–H groups in total. The summed E-state index contributed by atoms with van der Waals surface area (Å²) in [5.41, 5.74) is 0. The summed E-state index contributed by atoms with van der Waals surface area (Å²) in [6.07, 6.45) is 61.8. The van der Waals surface area contributed by atoms with Gasteiger partial charge in [-0.25, -0.2) is 0 Å². The third kappa shape index (κ3) is 56.1. The molecule has 84 heavy (non-hydrogen) atoms. The monoisotopic (exact) mass is 1220 g/mol. The van der Waals surface area contributed by atoms with Crippen LogP contribution in [0.3, 0.4) is 0 Å². The summed E-state index contributed by atoms with van der Waals surface area (Å²) >= 11 is 0. The van der Waals surface area contributed by atoms with Crippen molar-refractivity contribution in [3.63, 3.8) is 0 Å². The number of aliphatic hydroxyl groups is 4. The molecule has 494 valence electrons. The van der Waals surface area contributed by atoms with E-state index in [4.69, 9.17) is 4.74 Å². The predicted octanol–water partition coefficient (Wildman–Crippen LogP) is 17.5. The van der Waals surface area contributed by atoms with Crippen LogP contribution in [0.25, 0.3) is 0 Å². The van der Waals surface area contributed by atoms with E-state index in [1.165, 1.54) is 141 Å². The van der Waals surface area contributed by atoms with Crippen molar-refractivity contribution in [3.8, 4) is 0 Å². The molecule has 0 spiro atoms. The van der Waals surface area contributed by atoms with Crippen molar-refractivity contribution in [1.82, 2.24) is 19.6 Å². The van der Waals surface area contributed by atoms with E-state index >= 15 is 0 Å². The first-order chi connectivity index (χ1) is 41.2. The minimum atomic E-state index is -0.411. The first-order valence-corrected chi connectivity index (χ1v) is 38.3. The zero-order chi connectivity index (χ0) is 60.9. The highest BCUT2D eigenvalue weighted by Gasteiger charge is 2.20. The van der Waals surface area contributed by atoms with E-state index < -0.39 is 12.2 Å². The van der Waals surface area contributed by atoms with Gasteiger partial charge in [0, 0.05) is 83.4 Å². The van der Waals surface area contributed by atoms with Crippen molar-refractivity contribution in [3.05, 3.63) is 48.6 Å². The number of rotatable bonds is 64. The molecule has 0 aromatic carbocycles. The summed E-state index contributed by atoms with van der Waals surface area (Å²) in [4.78, 5) is 22.4. The van der Waals surface area contributed by atoms with Crippen LogP contribution in [0.2, 0.25) is 0 Å². The second-order valence-corrected chi connectivity index (χ2v) is 27.6. The van der Waals surface area contributed by atoms with Gasteiger partial charge in [0.1, 0.15) is 6.61 Å². The number of carbonyl (C=O) groups excluding carboxylic acids is 1. The van der Waals surface area contributed by atoms with Crippen molar-refractivity contribution in [1.29, 1.82) is 0 Å². The lowest BCUT2D eigenvalue weighted by molar-refractivity contribution is -0.144. The maximum Gasteiger partial charge on any atom is 0.305 e. The molecular weight excluding hydrogens is 1080 g/mol. The van der Waals surface area contributed by atoms with Gasteiger partial charge in [0.2, 0.25) is 0 Å². The van der Waals surface area contributed by atoms with Gasteiger partial charge in [0.25, 0.3) is 0 Å². The van der Waals surface area contributed by atoms with Gasteiger partial charge < -0.3 is 25.2 Å². The summed E-state index contributed by atoms with van der Waals surface area (Å²) in [6, 6.07) is 0. The fourth-order valence-electron chi connectivity index (χ4n) is 11.3. The SMILES string of the molecule is CCCCC/C=C\C/C=C\CCCCCC[C@@H](O)CN(CCCCC(=O)OCCN1CCN(CCSSCCCN(CC(O)CCCCCCCC)CC(O)CCCCCCCC)CC1)C[C@H](O)CCCCCC/C=C\C/C=C\CCCCC. The minimum absolute atomic E-state index is 0.125. The molecule has 10 nitrogen and oxygen atoms in total. The molecule has 1 rings (SSSR count). The molecule has 0 aromatic rings. The molecule has 1 aliphatic rings. The maximum atomic E-state index is 12.8. The number of unbranched alkanes of at least 4 members (excludes halogenated alkanes) is 25. The smallest absolute Gasteiger partial charge is 0.305 e. The number of allylic oxidation sites excluding steroid dienone is 8. The van der Waals surface area contributed by atoms with Crippen LogP contribution in [-0.4, -0.2) is 167 Å². The molecule has 2 unspecified atom stereocenters. The molecule has 1 heterocycles. The number of hydrogen-bond acceptors (Lipinski definition) is 12. The number of esters is 1. The quantitative estimate of drug-likeness (QED) is 0.0201. The molecule has 4 atom stereocenters. The summed E-state index contributed by atoms with van der Waals surface area (Å²) in [5, 5.41) is 44.2. The first-order valence-electron chi connectivity index (χ1n) is 35.8. The molecule has 1 aliphatic heterocycles. The average Bonchev–Trinajstić information content (AvgIpc) is 3.51. The standard InChI is InChI=1S/C72H138N4O6S2/c1-5-9-13-17-21-23-25-27-29-31-33-35-39-43-50-68(77)64-75(65-69(78)51-44-40-36-34-32-30-28-26-24-22-18-14-10-6-2)53-46-45-52-72(81)82-61-59-73-55-57-74(58-56-73)60-63-84-83-62-47-54-76(66-70(79)48-41-37-19-15-11-7-3)67-71(80)49-42-38-20-16-12-8-4/h21-24,27-30,68-71,77-80H,5-20,25-26,31-67H2,1-4H3/b23-21-,24-22-,29-27-,30-28-/t68-,69-,70?,71?/m1/s1. The Labute approximate surface area is 528 Å². The molecule has 1 fully saturated rings. The van der Waals surface area contributed by atoms with Crippen molar-refractivity contribution in [2.45, 2.75) is 309 Å². The second kappa shape index (κ2) is 63.4. The lowest BCUT2D eigenvalue weighted by atomic mass is 10.1. The third-order valence-electron chi connectivity index (χ3n) is 16.7. The number of nitrogens with zero attached hydrogens (tertiary/aromatic N) is 4. The molecular formula is C72H138N4O6S2. The van der Waals surface area contributed by atoms with Gasteiger partial charge in [-0.2, -0.15) is 0 Å². The Bertz CT molecular complexity index is 1420. The summed E-state index contributed by atoms with van der Waals surface area (Å²) in [5.74, 6) is 2.06. The van der Waals surface area contributed by atoms with Crippen molar-refractivity contribution in [2.24, 2.45) is 0 Å². The van der Waals surface area contributed by atoms with E-state index in [2.05, 4.69) is 95.9 Å². The predicted molar refractivity (Wildman–Crippen MR) is 370 cm³/mol. The lowest BCUT2D eigenvalue weighted by Gasteiger charge is -2.34. The molecule has 0 aliphatic carbocycles. The minimum Gasteiger partial charge on any atom is -0.464 e. The van der Waals surface area contributed by atoms with E-state index in [9.17, 15) is 25.2 Å². The zero-order valence-electron chi connectivity index (χ0n) is 55.5. The fraction of sp³-hybridized carbons (Fsp3) is 0.875. The Morgan fingerprint density at radius 2 is 0.738 bits per heavy atom. The molecule has 0 amide bonds. The second-order valence-electron chi connectivity index (χ2n) is 24.9. The van der Waals surface area contributed by atoms with Gasteiger partial charge >= 0.3 is 5.97 Å². The zero-order valence-corrected chi connectivity index (χ0v) is 57.2. The topological polar surface area (TPSA) is 120 Å². The number of ether oxygens (including phenoxy) is 1. The number of carbonyl (C=O) groups is 1. The van der Waals surface area contributed by atoms with E-state index in [-0.39, 0.29) is 18.2 Å². The first kappa shape index (κ1) is 80.8. The Hall–Kier alpha value is -1.19. The van der Waals surface area contributed by atoms with Gasteiger partial charge in [-0.1, -0.05) is 239 Å². The Kier molecular flexibility index (Phi) is 61.0. The van der Waals surface area contributed by atoms with Crippen LogP contribution < -0.4 is 0 Å². The van der Waals surface area contributed by atoms with Gasteiger partial charge in [0.05, 0.1) is 24.4 Å². The van der Waals surface area contributed by atoms with Crippen LogP contribution in [0.1, 0.15) is 285 Å². The van der Waals surface area contributed by atoms with Crippen LogP contribution >= 0.6 is 21.6 Å². The fourth-order valence-corrected chi connectivity index (χ4v) is 13.4. The van der Waals surface area contributed by atoms with Crippen LogP contribution in [-0.2, 0) is 9.53 Å². The van der Waals surface area contributed by atoms with Gasteiger partial charge in [-0.15, -0.1) is 0 Å². The highest BCUT2D eigenvalue weighted by molar-refractivity contribution is 8.76. The van der Waals surface area contributed by atoms with Crippen LogP contribution in [0, 0.1) is 0 Å². The summed E-state index contributed by atoms with van der Waals surface area (Å²) < 4.78 is 5.73. The Morgan fingerprint density at radius 1 is 0.405 bits per heavy atom. The van der Waals surface area contributed by atoms with E-state index in [0.717, 1.165) is 173 Å². The highest BCUT2D eigenvalue weighted by atomic mass is 33.1. The molecule has 0 bridgehead atoms. The van der Waals surface area contributed by atoms with Crippen molar-refractivity contribution in [2.75, 3.05) is 96.6 Å². The molecule has 0 aromatic heterocycles. The average molecular weight is 1220 g/mol. The Balaban J connectivity index is 2.40. The number of aliphatic hydroxyl groups excluding tert-OH is 4. The number of piperazine rings is 1. The van der Waals surface area contributed by atoms with E-state index in [1.54, 1.807) is 0 Å². The summed E-state index contributed by atoms with van der Waals surface area (Å²) in [6.45, 7) is 19.6. The molecule has 0 saturated carbocycles. The van der Waals surface area contributed by atoms with Gasteiger partial charge in [-0.3, -0.25) is 24.4 Å². The molecule has 0 radical (unpaired) electrons. The summed E-state index contributed by atoms with van der Waals surface area (Å²) in [7, 11) is 3.93. The largest absolute Gasteiger partial charge is 0.464 e. The molecule has 1 saturated heterocycles. The van der Waals surface area contributed by atoms with E-state index in [1.807, 2.05) is 21.6 Å². The van der Waals surface area contributed by atoms with E-state index in [0.29, 0.717) is 39.2 Å². The lowest BCUT2D eigenvalue weighted by Crippen LogP contribution is -2.47. The van der Waals surface area contributed by atoms with Crippen molar-refractivity contribution >= 4 is 27.6 Å². The van der Waals surface area contributed by atoms with Crippen LogP contribution in [0.4, 0.5) is 0 Å². The third-order valence-corrected chi connectivity index (χ3v) is 19.1. The number of hydrogen-bond donors (Lipinski definition) is 4. The normalized spacial score (nSPS) is 15.4.